The van der Waals surface area contributed by atoms with Gasteiger partial charge in [0.2, 0.25) is 10.0 Å². The van der Waals surface area contributed by atoms with Crippen molar-refractivity contribution in [2.75, 3.05) is 13.2 Å². The second-order valence-electron chi connectivity index (χ2n) is 4.40. The van der Waals surface area contributed by atoms with E-state index in [2.05, 4.69) is 4.72 Å². The second-order valence-corrected chi connectivity index (χ2v) is 6.12. The molecule has 0 saturated carbocycles. The van der Waals surface area contributed by atoms with Gasteiger partial charge in [0, 0.05) is 0 Å². The van der Waals surface area contributed by atoms with Gasteiger partial charge in [-0.05, 0) is 43.3 Å². The van der Waals surface area contributed by atoms with Crippen LogP contribution in [0.25, 0.3) is 0 Å². The van der Waals surface area contributed by atoms with Gasteiger partial charge in [0.05, 0.1) is 23.8 Å². The van der Waals surface area contributed by atoms with Crippen molar-refractivity contribution in [2.45, 2.75) is 17.9 Å². The molecule has 1 unspecified atom stereocenters. The second kappa shape index (κ2) is 6.75. The van der Waals surface area contributed by atoms with Crippen molar-refractivity contribution in [1.82, 2.24) is 4.72 Å². The molecule has 0 aliphatic rings. The monoisotopic (exact) mass is 311 g/mol. The molecule has 0 saturated heterocycles. The molecular weight excluding hydrogens is 294 g/mol. The fourth-order valence-electron chi connectivity index (χ4n) is 1.78. The zero-order valence-electron chi connectivity index (χ0n) is 11.5. The number of ether oxygens (including phenoxy) is 1. The molecule has 21 heavy (non-hydrogen) atoms. The number of nitrogens with one attached hydrogen (secondary N) is 1. The van der Waals surface area contributed by atoms with Crippen LogP contribution < -0.4 is 9.46 Å². The van der Waals surface area contributed by atoms with Crippen molar-refractivity contribution in [1.29, 1.82) is 0 Å². The maximum atomic E-state index is 12.2. The van der Waals surface area contributed by atoms with Gasteiger partial charge < -0.3 is 14.3 Å². The highest BCUT2D eigenvalue weighted by molar-refractivity contribution is 7.89. The summed E-state index contributed by atoms with van der Waals surface area (Å²) in [7, 11) is -3.64. The Morgan fingerprint density at radius 3 is 2.57 bits per heavy atom. The molecule has 2 rings (SSSR count). The minimum atomic E-state index is -3.64. The molecule has 2 aromatic rings. The number of furan rings is 1. The summed E-state index contributed by atoms with van der Waals surface area (Å²) in [5, 5.41) is 8.66. The van der Waals surface area contributed by atoms with E-state index < -0.39 is 16.1 Å². The van der Waals surface area contributed by atoms with Gasteiger partial charge in [-0.25, -0.2) is 13.1 Å². The molecule has 1 heterocycles. The lowest BCUT2D eigenvalue weighted by atomic mass is 10.3. The van der Waals surface area contributed by atoms with Crippen LogP contribution in [0.15, 0.2) is 52.0 Å². The van der Waals surface area contributed by atoms with E-state index in [1.54, 1.807) is 31.2 Å². The molecule has 0 bridgehead atoms. The lowest BCUT2D eigenvalue weighted by Gasteiger charge is -2.12. The Kier molecular flexibility index (Phi) is 5.00. The summed E-state index contributed by atoms with van der Waals surface area (Å²) in [4.78, 5) is 0.136. The maximum Gasteiger partial charge on any atom is 0.241 e. The number of aliphatic hydroxyl groups is 1. The molecule has 0 fully saturated rings. The lowest BCUT2D eigenvalue weighted by Crippen LogP contribution is -2.26. The number of hydrogen-bond donors (Lipinski definition) is 2. The Morgan fingerprint density at radius 1 is 1.29 bits per heavy atom. The van der Waals surface area contributed by atoms with Gasteiger partial charge in [-0.1, -0.05) is 0 Å². The zero-order valence-corrected chi connectivity index (χ0v) is 12.3. The summed E-state index contributed by atoms with van der Waals surface area (Å²) in [6.07, 6.45) is 1.49. The molecule has 0 radical (unpaired) electrons. The molecule has 7 heteroatoms. The number of sulfonamides is 1. The molecule has 1 atom stereocenters. The quantitative estimate of drug-likeness (QED) is 0.812. The van der Waals surface area contributed by atoms with Gasteiger partial charge in [0.25, 0.3) is 0 Å². The van der Waals surface area contributed by atoms with Crippen LogP contribution in [0.3, 0.4) is 0 Å². The predicted molar refractivity (Wildman–Crippen MR) is 76.5 cm³/mol. The fourth-order valence-corrected chi connectivity index (χ4v) is 2.99. The molecule has 2 N–H and O–H groups in total. The van der Waals surface area contributed by atoms with E-state index in [4.69, 9.17) is 14.3 Å². The van der Waals surface area contributed by atoms with Gasteiger partial charge in [-0.2, -0.15) is 0 Å². The van der Waals surface area contributed by atoms with Crippen molar-refractivity contribution in [3.05, 3.63) is 48.4 Å². The van der Waals surface area contributed by atoms with Crippen molar-refractivity contribution in [2.24, 2.45) is 0 Å². The Morgan fingerprint density at radius 2 is 2.00 bits per heavy atom. The van der Waals surface area contributed by atoms with E-state index in [9.17, 15) is 8.42 Å². The van der Waals surface area contributed by atoms with E-state index in [0.29, 0.717) is 11.5 Å². The van der Waals surface area contributed by atoms with Crippen LogP contribution in [0.4, 0.5) is 0 Å². The van der Waals surface area contributed by atoms with E-state index in [1.807, 2.05) is 0 Å². The average molecular weight is 311 g/mol. The molecule has 0 aliphatic carbocycles. The SMILES string of the molecule is CC(NS(=O)(=O)c1ccc(OCCO)cc1)c1ccco1. The zero-order chi connectivity index (χ0) is 15.3. The third-order valence-electron chi connectivity index (χ3n) is 2.80. The topological polar surface area (TPSA) is 88.8 Å². The van der Waals surface area contributed by atoms with Gasteiger partial charge in [-0.3, -0.25) is 0 Å². The Bertz CT molecular complexity index is 649. The van der Waals surface area contributed by atoms with Crippen LogP contribution in [0.2, 0.25) is 0 Å². The fraction of sp³-hybridized carbons (Fsp3) is 0.286. The van der Waals surface area contributed by atoms with Gasteiger partial charge in [-0.15, -0.1) is 0 Å². The van der Waals surface area contributed by atoms with E-state index in [0.717, 1.165) is 0 Å². The maximum absolute atomic E-state index is 12.2. The summed E-state index contributed by atoms with van der Waals surface area (Å²) in [6.45, 7) is 1.78. The van der Waals surface area contributed by atoms with E-state index in [-0.39, 0.29) is 18.1 Å². The highest BCUT2D eigenvalue weighted by Gasteiger charge is 2.19. The van der Waals surface area contributed by atoms with Crippen LogP contribution in [-0.2, 0) is 10.0 Å². The van der Waals surface area contributed by atoms with E-state index in [1.165, 1.54) is 18.4 Å². The molecule has 1 aromatic heterocycles. The highest BCUT2D eigenvalue weighted by Crippen LogP contribution is 2.19. The first-order valence-electron chi connectivity index (χ1n) is 6.42. The van der Waals surface area contributed by atoms with Crippen molar-refractivity contribution >= 4 is 10.0 Å². The third kappa shape index (κ3) is 4.07. The summed E-state index contributed by atoms with van der Waals surface area (Å²) in [5.41, 5.74) is 0. The molecule has 0 spiro atoms. The van der Waals surface area contributed by atoms with Crippen LogP contribution in [0.5, 0.6) is 5.75 Å². The average Bonchev–Trinajstić information content (AvgIpc) is 2.99. The normalized spacial score (nSPS) is 13.0. The smallest absolute Gasteiger partial charge is 0.241 e. The first-order chi connectivity index (χ1) is 10.0. The Hall–Kier alpha value is -1.83. The minimum absolute atomic E-state index is 0.0950. The number of benzene rings is 1. The Labute approximate surface area is 123 Å². The largest absolute Gasteiger partial charge is 0.491 e. The first kappa shape index (κ1) is 15.6. The molecule has 114 valence electrons. The molecule has 1 aromatic carbocycles. The summed E-state index contributed by atoms with van der Waals surface area (Å²) in [6, 6.07) is 8.93. The highest BCUT2D eigenvalue weighted by atomic mass is 32.2. The van der Waals surface area contributed by atoms with Crippen molar-refractivity contribution in [3.63, 3.8) is 0 Å². The molecule has 6 nitrogen and oxygen atoms in total. The molecule has 0 amide bonds. The van der Waals surface area contributed by atoms with Crippen molar-refractivity contribution < 1.29 is 22.7 Å². The van der Waals surface area contributed by atoms with Crippen LogP contribution in [0.1, 0.15) is 18.7 Å². The van der Waals surface area contributed by atoms with E-state index >= 15 is 0 Å². The molecule has 0 aliphatic heterocycles. The van der Waals surface area contributed by atoms with Gasteiger partial charge >= 0.3 is 0 Å². The van der Waals surface area contributed by atoms with Crippen LogP contribution in [0, 0.1) is 0 Å². The third-order valence-corrected chi connectivity index (χ3v) is 4.35. The van der Waals surface area contributed by atoms with Gasteiger partial charge in [0.15, 0.2) is 0 Å². The van der Waals surface area contributed by atoms with Crippen LogP contribution >= 0.6 is 0 Å². The van der Waals surface area contributed by atoms with Crippen molar-refractivity contribution in [3.8, 4) is 5.75 Å². The van der Waals surface area contributed by atoms with Crippen LogP contribution in [-0.4, -0.2) is 26.7 Å². The Balaban J connectivity index is 2.08. The molecular formula is C14H17NO5S. The summed E-state index contributed by atoms with van der Waals surface area (Å²) >= 11 is 0. The standard InChI is InChI=1S/C14H17NO5S/c1-11(14-3-2-9-20-14)15-21(17,18)13-6-4-12(5-7-13)19-10-8-16/h2-7,9,11,15-16H,8,10H2,1H3. The number of hydrogen-bond acceptors (Lipinski definition) is 5. The predicted octanol–water partition coefficient (Wildman–Crippen LogP) is 1.69. The summed E-state index contributed by atoms with van der Waals surface area (Å²) < 4.78 is 37.3. The summed E-state index contributed by atoms with van der Waals surface area (Å²) in [5.74, 6) is 1.04. The minimum Gasteiger partial charge on any atom is -0.491 e. The number of rotatable bonds is 7. The van der Waals surface area contributed by atoms with Gasteiger partial charge in [0.1, 0.15) is 18.1 Å². The first-order valence-corrected chi connectivity index (χ1v) is 7.91. The lowest BCUT2D eigenvalue weighted by molar-refractivity contribution is 0.201. The number of aliphatic hydroxyl groups excluding tert-OH is 1.